The monoisotopic (exact) mass is 197 g/mol. The van der Waals surface area contributed by atoms with Crippen LogP contribution in [0.25, 0.3) is 0 Å². The van der Waals surface area contributed by atoms with E-state index in [0.717, 1.165) is 5.92 Å². The fraction of sp³-hybridized carbons (Fsp3) is 1.00. The summed E-state index contributed by atoms with van der Waals surface area (Å²) in [7, 11) is 0. The van der Waals surface area contributed by atoms with E-state index >= 15 is 0 Å². The average molecular weight is 197 g/mol. The third-order valence-corrected chi connectivity index (χ3v) is 4.25. The Morgan fingerprint density at radius 2 is 1.79 bits per heavy atom. The van der Waals surface area contributed by atoms with Gasteiger partial charge in [-0.15, -0.1) is 0 Å². The Bertz CT molecular complexity index is 140. The van der Waals surface area contributed by atoms with Crippen molar-refractivity contribution < 1.29 is 0 Å². The Labute approximate surface area is 89.7 Å². The van der Waals surface area contributed by atoms with Gasteiger partial charge in [-0.3, -0.25) is 0 Å². The third-order valence-electron chi connectivity index (χ3n) is 4.25. The first-order chi connectivity index (χ1) is 6.76. The molecule has 1 aliphatic rings. The molecule has 0 amide bonds. The summed E-state index contributed by atoms with van der Waals surface area (Å²) in [5, 5.41) is 3.68. The average Bonchev–Trinajstić information content (AvgIpc) is 2.16. The van der Waals surface area contributed by atoms with Crippen molar-refractivity contribution in [3.8, 4) is 0 Å². The molecule has 0 aromatic heterocycles. The molecule has 0 radical (unpaired) electrons. The van der Waals surface area contributed by atoms with Crippen molar-refractivity contribution in [3.05, 3.63) is 0 Å². The quantitative estimate of drug-likeness (QED) is 0.657. The van der Waals surface area contributed by atoms with Crippen LogP contribution in [0.2, 0.25) is 0 Å². The molecule has 0 heterocycles. The highest BCUT2D eigenvalue weighted by Crippen LogP contribution is 2.43. The lowest BCUT2D eigenvalue weighted by atomic mass is 9.67. The molecular weight excluding hydrogens is 170 g/mol. The van der Waals surface area contributed by atoms with E-state index in [2.05, 4.69) is 26.1 Å². The van der Waals surface area contributed by atoms with Crippen LogP contribution in [0.5, 0.6) is 0 Å². The Kier molecular flexibility index (Phi) is 4.94. The molecule has 0 unspecified atom stereocenters. The lowest BCUT2D eigenvalue weighted by molar-refractivity contribution is 0.122. The zero-order chi connectivity index (χ0) is 10.4. The summed E-state index contributed by atoms with van der Waals surface area (Å²) in [6, 6.07) is 0. The van der Waals surface area contributed by atoms with E-state index < -0.39 is 0 Å². The minimum absolute atomic E-state index is 0.687. The molecule has 84 valence electrons. The van der Waals surface area contributed by atoms with Gasteiger partial charge in [-0.05, 0) is 37.1 Å². The summed E-state index contributed by atoms with van der Waals surface area (Å²) >= 11 is 0. The van der Waals surface area contributed by atoms with Crippen LogP contribution in [0.3, 0.4) is 0 Å². The number of nitrogens with one attached hydrogen (secondary N) is 1. The van der Waals surface area contributed by atoms with Crippen LogP contribution in [0.4, 0.5) is 0 Å². The molecule has 0 bridgehead atoms. The summed E-state index contributed by atoms with van der Waals surface area (Å²) in [6.07, 6.45) is 8.38. The second kappa shape index (κ2) is 5.75. The molecule has 0 aliphatic heterocycles. The summed E-state index contributed by atoms with van der Waals surface area (Å²) < 4.78 is 0. The van der Waals surface area contributed by atoms with Crippen molar-refractivity contribution in [2.24, 2.45) is 11.3 Å². The standard InChI is InChI=1S/C13H27N/c1-4-12(5-2)10-14-11-13(6-3)8-7-9-13/h12,14H,4-11H2,1-3H3. The lowest BCUT2D eigenvalue weighted by Crippen LogP contribution is -2.40. The summed E-state index contributed by atoms with van der Waals surface area (Å²) in [4.78, 5) is 0. The van der Waals surface area contributed by atoms with Crippen molar-refractivity contribution in [3.63, 3.8) is 0 Å². The molecule has 0 aromatic carbocycles. The molecular formula is C13H27N. The Balaban J connectivity index is 2.13. The van der Waals surface area contributed by atoms with Gasteiger partial charge in [0.05, 0.1) is 0 Å². The van der Waals surface area contributed by atoms with Gasteiger partial charge in [0, 0.05) is 6.54 Å². The number of hydrogen-bond donors (Lipinski definition) is 1. The van der Waals surface area contributed by atoms with Crippen LogP contribution in [-0.4, -0.2) is 13.1 Å². The van der Waals surface area contributed by atoms with Crippen LogP contribution >= 0.6 is 0 Å². The Morgan fingerprint density at radius 3 is 2.14 bits per heavy atom. The van der Waals surface area contributed by atoms with E-state index in [0.29, 0.717) is 5.41 Å². The fourth-order valence-electron chi connectivity index (χ4n) is 2.45. The van der Waals surface area contributed by atoms with Gasteiger partial charge in [-0.2, -0.15) is 0 Å². The third kappa shape index (κ3) is 2.98. The molecule has 0 saturated heterocycles. The summed E-state index contributed by atoms with van der Waals surface area (Å²) in [5.41, 5.74) is 0.687. The number of hydrogen-bond acceptors (Lipinski definition) is 1. The van der Waals surface area contributed by atoms with Gasteiger partial charge in [0.15, 0.2) is 0 Å². The molecule has 1 nitrogen and oxygen atoms in total. The van der Waals surface area contributed by atoms with Crippen LogP contribution < -0.4 is 5.32 Å². The second-order valence-electron chi connectivity index (χ2n) is 5.02. The zero-order valence-electron chi connectivity index (χ0n) is 10.2. The topological polar surface area (TPSA) is 12.0 Å². The maximum absolute atomic E-state index is 3.68. The molecule has 0 aromatic rings. The SMILES string of the molecule is CCC(CC)CNCC1(CC)CCC1. The molecule has 14 heavy (non-hydrogen) atoms. The van der Waals surface area contributed by atoms with Crippen LogP contribution in [0, 0.1) is 11.3 Å². The van der Waals surface area contributed by atoms with Crippen molar-refractivity contribution in [2.45, 2.75) is 59.3 Å². The van der Waals surface area contributed by atoms with E-state index in [9.17, 15) is 0 Å². The van der Waals surface area contributed by atoms with Crippen LogP contribution in [0.1, 0.15) is 59.3 Å². The van der Waals surface area contributed by atoms with Crippen molar-refractivity contribution in [1.29, 1.82) is 0 Å². The van der Waals surface area contributed by atoms with Gasteiger partial charge >= 0.3 is 0 Å². The molecule has 1 rings (SSSR count). The van der Waals surface area contributed by atoms with Crippen molar-refractivity contribution in [2.75, 3.05) is 13.1 Å². The first-order valence-electron chi connectivity index (χ1n) is 6.47. The lowest BCUT2D eigenvalue weighted by Gasteiger charge is -2.41. The molecule has 1 aliphatic carbocycles. The first-order valence-corrected chi connectivity index (χ1v) is 6.47. The van der Waals surface area contributed by atoms with Crippen LogP contribution in [0.15, 0.2) is 0 Å². The summed E-state index contributed by atoms with van der Waals surface area (Å²) in [5.74, 6) is 0.893. The van der Waals surface area contributed by atoms with Crippen molar-refractivity contribution in [1.82, 2.24) is 5.32 Å². The maximum atomic E-state index is 3.68. The van der Waals surface area contributed by atoms with E-state index in [1.807, 2.05) is 0 Å². The Morgan fingerprint density at radius 1 is 1.14 bits per heavy atom. The molecule has 1 heteroatoms. The van der Waals surface area contributed by atoms with Gasteiger partial charge in [0.1, 0.15) is 0 Å². The highest BCUT2D eigenvalue weighted by molar-refractivity contribution is 4.88. The maximum Gasteiger partial charge on any atom is 0.000782 e. The Hall–Kier alpha value is -0.0400. The van der Waals surface area contributed by atoms with Gasteiger partial charge in [0.25, 0.3) is 0 Å². The molecule has 0 spiro atoms. The van der Waals surface area contributed by atoms with E-state index in [-0.39, 0.29) is 0 Å². The van der Waals surface area contributed by atoms with E-state index in [1.54, 1.807) is 0 Å². The highest BCUT2D eigenvalue weighted by atomic mass is 14.9. The van der Waals surface area contributed by atoms with Gasteiger partial charge in [0.2, 0.25) is 0 Å². The molecule has 1 saturated carbocycles. The van der Waals surface area contributed by atoms with Gasteiger partial charge in [-0.25, -0.2) is 0 Å². The van der Waals surface area contributed by atoms with Crippen molar-refractivity contribution >= 4 is 0 Å². The minimum Gasteiger partial charge on any atom is -0.316 e. The minimum atomic E-state index is 0.687. The molecule has 1 N–H and O–H groups in total. The zero-order valence-corrected chi connectivity index (χ0v) is 10.2. The molecule has 1 fully saturated rings. The summed E-state index contributed by atoms with van der Waals surface area (Å²) in [6.45, 7) is 9.44. The van der Waals surface area contributed by atoms with E-state index in [4.69, 9.17) is 0 Å². The van der Waals surface area contributed by atoms with Gasteiger partial charge < -0.3 is 5.32 Å². The first kappa shape index (κ1) is 12.0. The largest absolute Gasteiger partial charge is 0.316 e. The normalized spacial score (nSPS) is 19.7. The smallest absolute Gasteiger partial charge is 0.000782 e. The van der Waals surface area contributed by atoms with Gasteiger partial charge in [-0.1, -0.05) is 40.0 Å². The second-order valence-corrected chi connectivity index (χ2v) is 5.02. The molecule has 0 atom stereocenters. The number of rotatable bonds is 7. The predicted molar refractivity (Wildman–Crippen MR) is 63.5 cm³/mol. The fourth-order valence-corrected chi connectivity index (χ4v) is 2.45. The van der Waals surface area contributed by atoms with E-state index in [1.165, 1.54) is 51.6 Å². The highest BCUT2D eigenvalue weighted by Gasteiger charge is 2.34. The predicted octanol–water partition coefficient (Wildman–Crippen LogP) is 3.59. The van der Waals surface area contributed by atoms with Crippen LogP contribution in [-0.2, 0) is 0 Å².